The third-order valence-electron chi connectivity index (χ3n) is 2.59. The van der Waals surface area contributed by atoms with Gasteiger partial charge in [0.1, 0.15) is 0 Å². The summed E-state index contributed by atoms with van der Waals surface area (Å²) in [5, 5.41) is 3.79. The number of halogens is 1. The van der Waals surface area contributed by atoms with E-state index in [1.165, 1.54) is 0 Å². The Morgan fingerprint density at radius 1 is 1.05 bits per heavy atom. The van der Waals surface area contributed by atoms with Crippen molar-refractivity contribution in [1.82, 2.24) is 0 Å². The SMILES string of the molecule is CC(=CC(=O)c1ccc(Cl)cc1)Nc1ccccc1. The molecular weight excluding hydrogens is 258 g/mol. The van der Waals surface area contributed by atoms with E-state index in [4.69, 9.17) is 11.6 Å². The second-order valence-electron chi connectivity index (χ2n) is 4.19. The number of benzene rings is 2. The zero-order valence-electron chi connectivity index (χ0n) is 10.6. The predicted molar refractivity (Wildman–Crippen MR) is 79.6 cm³/mol. The molecule has 0 saturated carbocycles. The van der Waals surface area contributed by atoms with Crippen molar-refractivity contribution < 1.29 is 4.79 Å². The maximum atomic E-state index is 12.0. The van der Waals surface area contributed by atoms with Crippen LogP contribution < -0.4 is 5.32 Å². The molecule has 3 heteroatoms. The van der Waals surface area contributed by atoms with Gasteiger partial charge in [0.25, 0.3) is 0 Å². The Bertz CT molecular complexity index is 588. The molecule has 0 amide bonds. The van der Waals surface area contributed by atoms with Crippen molar-refractivity contribution >= 4 is 23.1 Å². The summed E-state index contributed by atoms with van der Waals surface area (Å²) in [4.78, 5) is 12.0. The first-order valence-electron chi connectivity index (χ1n) is 5.95. The van der Waals surface area contributed by atoms with Crippen LogP contribution >= 0.6 is 11.6 Å². The molecule has 0 bridgehead atoms. The summed E-state index contributed by atoms with van der Waals surface area (Å²) in [6, 6.07) is 16.6. The first-order chi connectivity index (χ1) is 9.15. The van der Waals surface area contributed by atoms with E-state index in [-0.39, 0.29) is 5.78 Å². The summed E-state index contributed by atoms with van der Waals surface area (Å²) in [5.74, 6) is -0.0439. The van der Waals surface area contributed by atoms with Gasteiger partial charge in [0.2, 0.25) is 0 Å². The van der Waals surface area contributed by atoms with Crippen molar-refractivity contribution in [3.05, 3.63) is 77.0 Å². The highest BCUT2D eigenvalue weighted by Crippen LogP contribution is 2.12. The molecule has 2 nitrogen and oxygen atoms in total. The van der Waals surface area contributed by atoms with Gasteiger partial charge in [0.15, 0.2) is 5.78 Å². The molecule has 0 aliphatic carbocycles. The maximum absolute atomic E-state index is 12.0. The molecule has 0 heterocycles. The molecule has 2 aromatic rings. The van der Waals surface area contributed by atoms with Gasteiger partial charge in [0, 0.05) is 28.0 Å². The van der Waals surface area contributed by atoms with Crippen molar-refractivity contribution in [3.63, 3.8) is 0 Å². The Labute approximate surface area is 117 Å². The van der Waals surface area contributed by atoms with E-state index in [1.54, 1.807) is 30.3 Å². The lowest BCUT2D eigenvalue weighted by molar-refractivity contribution is 0.104. The summed E-state index contributed by atoms with van der Waals surface area (Å²) in [6.45, 7) is 1.86. The van der Waals surface area contributed by atoms with E-state index in [0.29, 0.717) is 10.6 Å². The maximum Gasteiger partial charge on any atom is 0.187 e. The molecule has 1 N–H and O–H groups in total. The lowest BCUT2D eigenvalue weighted by Gasteiger charge is -2.06. The molecule has 2 rings (SSSR count). The number of anilines is 1. The van der Waals surface area contributed by atoms with Crippen LogP contribution in [0.2, 0.25) is 5.02 Å². The molecule has 2 aromatic carbocycles. The first-order valence-corrected chi connectivity index (χ1v) is 6.33. The zero-order valence-corrected chi connectivity index (χ0v) is 11.3. The Morgan fingerprint density at radius 3 is 2.32 bits per heavy atom. The molecule has 0 fully saturated rings. The minimum atomic E-state index is -0.0439. The minimum absolute atomic E-state index is 0.0439. The van der Waals surface area contributed by atoms with Crippen LogP contribution in [-0.4, -0.2) is 5.78 Å². The number of ketones is 1. The van der Waals surface area contributed by atoms with E-state index in [1.807, 2.05) is 37.3 Å². The van der Waals surface area contributed by atoms with Crippen molar-refractivity contribution in [2.24, 2.45) is 0 Å². The lowest BCUT2D eigenvalue weighted by atomic mass is 10.1. The Kier molecular flexibility index (Phi) is 4.37. The van der Waals surface area contributed by atoms with Crippen LogP contribution in [0.15, 0.2) is 66.4 Å². The van der Waals surface area contributed by atoms with E-state index in [9.17, 15) is 4.79 Å². The molecule has 19 heavy (non-hydrogen) atoms. The second-order valence-corrected chi connectivity index (χ2v) is 4.63. The molecule has 0 saturated heterocycles. The van der Waals surface area contributed by atoms with Crippen LogP contribution in [0.1, 0.15) is 17.3 Å². The van der Waals surface area contributed by atoms with Crippen molar-refractivity contribution in [3.8, 4) is 0 Å². The topological polar surface area (TPSA) is 29.1 Å². The number of carbonyl (C=O) groups excluding carboxylic acids is 1. The number of hydrogen-bond donors (Lipinski definition) is 1. The molecule has 0 atom stereocenters. The third-order valence-corrected chi connectivity index (χ3v) is 2.84. The van der Waals surface area contributed by atoms with Crippen LogP contribution in [0.4, 0.5) is 5.69 Å². The van der Waals surface area contributed by atoms with E-state index in [0.717, 1.165) is 11.4 Å². The van der Waals surface area contributed by atoms with Crippen LogP contribution in [0, 0.1) is 0 Å². The molecule has 0 aliphatic rings. The molecule has 0 aromatic heterocycles. The number of carbonyl (C=O) groups is 1. The molecule has 0 spiro atoms. The largest absolute Gasteiger partial charge is 0.359 e. The molecule has 0 unspecified atom stereocenters. The molecule has 0 radical (unpaired) electrons. The van der Waals surface area contributed by atoms with Gasteiger partial charge >= 0.3 is 0 Å². The zero-order chi connectivity index (χ0) is 13.7. The normalized spacial score (nSPS) is 11.2. The number of nitrogens with one attached hydrogen (secondary N) is 1. The number of rotatable bonds is 4. The monoisotopic (exact) mass is 271 g/mol. The van der Waals surface area contributed by atoms with Gasteiger partial charge in [0.05, 0.1) is 0 Å². The fourth-order valence-corrected chi connectivity index (χ4v) is 1.81. The van der Waals surface area contributed by atoms with Gasteiger partial charge in [-0.1, -0.05) is 29.8 Å². The quantitative estimate of drug-likeness (QED) is 0.653. The number of allylic oxidation sites excluding steroid dienone is 2. The van der Waals surface area contributed by atoms with Gasteiger partial charge in [-0.25, -0.2) is 0 Å². The summed E-state index contributed by atoms with van der Waals surface area (Å²) < 4.78 is 0. The van der Waals surface area contributed by atoms with E-state index >= 15 is 0 Å². The molecular formula is C16H14ClNO. The predicted octanol–water partition coefficient (Wildman–Crippen LogP) is 4.54. The summed E-state index contributed by atoms with van der Waals surface area (Å²) >= 11 is 5.79. The fourth-order valence-electron chi connectivity index (χ4n) is 1.68. The molecule has 96 valence electrons. The first kappa shape index (κ1) is 13.4. The highest BCUT2D eigenvalue weighted by Gasteiger charge is 2.03. The summed E-state index contributed by atoms with van der Waals surface area (Å²) in [7, 11) is 0. The van der Waals surface area contributed by atoms with Crippen LogP contribution in [-0.2, 0) is 0 Å². The smallest absolute Gasteiger partial charge is 0.187 e. The van der Waals surface area contributed by atoms with Crippen LogP contribution in [0.5, 0.6) is 0 Å². The Hall–Kier alpha value is -2.06. The number of para-hydroxylation sites is 1. The van der Waals surface area contributed by atoms with Crippen LogP contribution in [0.3, 0.4) is 0 Å². The van der Waals surface area contributed by atoms with Gasteiger partial charge in [-0.2, -0.15) is 0 Å². The van der Waals surface area contributed by atoms with Gasteiger partial charge < -0.3 is 5.32 Å². The Morgan fingerprint density at radius 2 is 1.68 bits per heavy atom. The van der Waals surface area contributed by atoms with Crippen molar-refractivity contribution in [1.29, 1.82) is 0 Å². The minimum Gasteiger partial charge on any atom is -0.359 e. The third kappa shape index (κ3) is 3.97. The second kappa shape index (κ2) is 6.21. The standard InChI is InChI=1S/C16H14ClNO/c1-12(18-15-5-3-2-4-6-15)11-16(19)13-7-9-14(17)10-8-13/h2-11,18H,1H3. The van der Waals surface area contributed by atoms with Crippen LogP contribution in [0.25, 0.3) is 0 Å². The highest BCUT2D eigenvalue weighted by molar-refractivity contribution is 6.30. The van der Waals surface area contributed by atoms with Gasteiger partial charge in [-0.3, -0.25) is 4.79 Å². The summed E-state index contributed by atoms with van der Waals surface area (Å²) in [5.41, 5.74) is 2.38. The van der Waals surface area contributed by atoms with Gasteiger partial charge in [-0.15, -0.1) is 0 Å². The highest BCUT2D eigenvalue weighted by atomic mass is 35.5. The lowest BCUT2D eigenvalue weighted by Crippen LogP contribution is -2.01. The summed E-state index contributed by atoms with van der Waals surface area (Å²) in [6.07, 6.45) is 1.58. The van der Waals surface area contributed by atoms with E-state index in [2.05, 4.69) is 5.32 Å². The number of hydrogen-bond acceptors (Lipinski definition) is 2. The van der Waals surface area contributed by atoms with Gasteiger partial charge in [-0.05, 0) is 43.3 Å². The Balaban J connectivity index is 2.08. The fraction of sp³-hybridized carbons (Fsp3) is 0.0625. The average Bonchev–Trinajstić information content (AvgIpc) is 2.40. The average molecular weight is 272 g/mol. The molecule has 0 aliphatic heterocycles. The van der Waals surface area contributed by atoms with E-state index < -0.39 is 0 Å². The van der Waals surface area contributed by atoms with Crippen molar-refractivity contribution in [2.75, 3.05) is 5.32 Å². The van der Waals surface area contributed by atoms with Crippen molar-refractivity contribution in [2.45, 2.75) is 6.92 Å².